The van der Waals surface area contributed by atoms with Crippen LogP contribution in [0, 0.1) is 16.7 Å². The van der Waals surface area contributed by atoms with Crippen LogP contribution in [0.3, 0.4) is 0 Å². The van der Waals surface area contributed by atoms with E-state index < -0.39 is 10.0 Å². The first-order valence-electron chi connectivity index (χ1n) is 6.79. The first-order chi connectivity index (χ1) is 9.32. The molecular formula is C15H20N2O2S. The summed E-state index contributed by atoms with van der Waals surface area (Å²) in [5, 5.41) is 8.75. The molecule has 1 aliphatic heterocycles. The van der Waals surface area contributed by atoms with Crippen LogP contribution in [0.5, 0.6) is 0 Å². The lowest BCUT2D eigenvalue weighted by molar-refractivity contribution is 0.187. The van der Waals surface area contributed by atoms with Crippen molar-refractivity contribution < 1.29 is 8.42 Å². The van der Waals surface area contributed by atoms with Gasteiger partial charge in [0.1, 0.15) is 0 Å². The molecule has 2 rings (SSSR count). The minimum absolute atomic E-state index is 0.00872. The van der Waals surface area contributed by atoms with Gasteiger partial charge in [0.2, 0.25) is 10.0 Å². The molecule has 1 heterocycles. The van der Waals surface area contributed by atoms with Crippen molar-refractivity contribution in [3.05, 3.63) is 35.4 Å². The fourth-order valence-corrected chi connectivity index (χ4v) is 4.33. The van der Waals surface area contributed by atoms with Gasteiger partial charge in [0, 0.05) is 13.1 Å². The zero-order chi connectivity index (χ0) is 14.8. The normalized spacial score (nSPS) is 19.4. The molecule has 0 atom stereocenters. The Morgan fingerprint density at radius 1 is 1.30 bits per heavy atom. The summed E-state index contributed by atoms with van der Waals surface area (Å²) in [6.45, 7) is 5.42. The number of sulfonamides is 1. The average molecular weight is 292 g/mol. The van der Waals surface area contributed by atoms with E-state index in [4.69, 9.17) is 5.26 Å². The second-order valence-electron chi connectivity index (χ2n) is 6.17. The van der Waals surface area contributed by atoms with Crippen LogP contribution in [0.25, 0.3) is 0 Å². The van der Waals surface area contributed by atoms with E-state index in [9.17, 15) is 8.42 Å². The molecule has 1 aliphatic rings. The van der Waals surface area contributed by atoms with Gasteiger partial charge in [-0.2, -0.15) is 5.26 Å². The van der Waals surface area contributed by atoms with Crippen LogP contribution in [-0.4, -0.2) is 25.8 Å². The average Bonchev–Trinajstić information content (AvgIpc) is 2.38. The topological polar surface area (TPSA) is 61.2 Å². The van der Waals surface area contributed by atoms with Crippen LogP contribution in [-0.2, 0) is 15.8 Å². The van der Waals surface area contributed by atoms with Crippen molar-refractivity contribution in [2.45, 2.75) is 32.4 Å². The molecule has 0 unspecified atom stereocenters. The van der Waals surface area contributed by atoms with Gasteiger partial charge in [-0.05, 0) is 36.0 Å². The second-order valence-corrected chi connectivity index (χ2v) is 8.14. The molecule has 0 N–H and O–H groups in total. The van der Waals surface area contributed by atoms with Gasteiger partial charge in [0.15, 0.2) is 0 Å². The summed E-state index contributed by atoms with van der Waals surface area (Å²) in [5.74, 6) is 0.00872. The Labute approximate surface area is 121 Å². The second kappa shape index (κ2) is 5.55. The Morgan fingerprint density at radius 2 is 1.95 bits per heavy atom. The molecule has 108 valence electrons. The first kappa shape index (κ1) is 15.0. The predicted molar refractivity (Wildman–Crippen MR) is 78.4 cm³/mol. The van der Waals surface area contributed by atoms with Crippen LogP contribution in [0.2, 0.25) is 0 Å². The summed E-state index contributed by atoms with van der Waals surface area (Å²) in [6, 6.07) is 8.77. The van der Waals surface area contributed by atoms with Crippen molar-refractivity contribution in [1.29, 1.82) is 5.26 Å². The zero-order valence-electron chi connectivity index (χ0n) is 12.0. The van der Waals surface area contributed by atoms with Gasteiger partial charge >= 0.3 is 0 Å². The van der Waals surface area contributed by atoms with Gasteiger partial charge < -0.3 is 0 Å². The maximum atomic E-state index is 12.5. The van der Waals surface area contributed by atoms with E-state index >= 15 is 0 Å². The Kier molecular flexibility index (Phi) is 4.17. The van der Waals surface area contributed by atoms with Gasteiger partial charge in [-0.25, -0.2) is 12.7 Å². The summed E-state index contributed by atoms with van der Waals surface area (Å²) in [5.41, 5.74) is 1.33. The quantitative estimate of drug-likeness (QED) is 0.860. The SMILES string of the molecule is CC1(C)CCCN(S(=O)(=O)Cc2ccc(C#N)cc2)C1. The molecule has 0 spiro atoms. The summed E-state index contributed by atoms with van der Waals surface area (Å²) in [4.78, 5) is 0. The highest BCUT2D eigenvalue weighted by Crippen LogP contribution is 2.30. The Balaban J connectivity index is 2.12. The third-order valence-electron chi connectivity index (χ3n) is 3.69. The monoisotopic (exact) mass is 292 g/mol. The molecule has 0 radical (unpaired) electrons. The minimum atomic E-state index is -3.28. The van der Waals surface area contributed by atoms with Gasteiger partial charge in [-0.15, -0.1) is 0 Å². The predicted octanol–water partition coefficient (Wildman–Crippen LogP) is 2.51. The molecule has 20 heavy (non-hydrogen) atoms. The molecule has 0 aromatic heterocycles. The third kappa shape index (κ3) is 3.59. The summed E-state index contributed by atoms with van der Waals surface area (Å²) in [6.07, 6.45) is 1.98. The van der Waals surface area contributed by atoms with Crippen LogP contribution in [0.1, 0.15) is 37.8 Å². The van der Waals surface area contributed by atoms with Gasteiger partial charge in [0.25, 0.3) is 0 Å². The van der Waals surface area contributed by atoms with Crippen LogP contribution < -0.4 is 0 Å². The van der Waals surface area contributed by atoms with Crippen molar-refractivity contribution in [2.75, 3.05) is 13.1 Å². The van der Waals surface area contributed by atoms with E-state index in [0.717, 1.165) is 18.4 Å². The summed E-state index contributed by atoms with van der Waals surface area (Å²) in [7, 11) is -3.28. The number of hydrogen-bond donors (Lipinski definition) is 0. The molecular weight excluding hydrogens is 272 g/mol. The third-order valence-corrected chi connectivity index (χ3v) is 5.49. The highest BCUT2D eigenvalue weighted by Gasteiger charge is 2.33. The van der Waals surface area contributed by atoms with Crippen LogP contribution in [0.4, 0.5) is 0 Å². The summed E-state index contributed by atoms with van der Waals surface area (Å²) < 4.78 is 26.5. The van der Waals surface area contributed by atoms with E-state index in [0.29, 0.717) is 18.7 Å². The summed E-state index contributed by atoms with van der Waals surface area (Å²) >= 11 is 0. The lowest BCUT2D eigenvalue weighted by Crippen LogP contribution is -2.43. The molecule has 0 aliphatic carbocycles. The largest absolute Gasteiger partial charge is 0.218 e. The highest BCUT2D eigenvalue weighted by molar-refractivity contribution is 7.88. The zero-order valence-corrected chi connectivity index (χ0v) is 12.8. The van der Waals surface area contributed by atoms with Crippen molar-refractivity contribution in [1.82, 2.24) is 4.31 Å². The van der Waals surface area contributed by atoms with Crippen molar-refractivity contribution in [3.8, 4) is 6.07 Å². The van der Waals surface area contributed by atoms with Gasteiger partial charge in [0.05, 0.1) is 17.4 Å². The lowest BCUT2D eigenvalue weighted by atomic mass is 9.85. The maximum absolute atomic E-state index is 12.5. The van der Waals surface area contributed by atoms with E-state index in [-0.39, 0.29) is 11.2 Å². The molecule has 4 nitrogen and oxygen atoms in total. The number of benzene rings is 1. The lowest BCUT2D eigenvalue weighted by Gasteiger charge is -2.37. The number of nitriles is 1. The van der Waals surface area contributed by atoms with Gasteiger partial charge in [-0.1, -0.05) is 26.0 Å². The molecule has 1 aromatic rings. The maximum Gasteiger partial charge on any atom is 0.218 e. The number of nitrogens with zero attached hydrogens (tertiary/aromatic N) is 2. The molecule has 1 aromatic carbocycles. The van der Waals surface area contributed by atoms with E-state index in [1.165, 1.54) is 0 Å². The highest BCUT2D eigenvalue weighted by atomic mass is 32.2. The fraction of sp³-hybridized carbons (Fsp3) is 0.533. The molecule has 1 saturated heterocycles. The molecule has 0 amide bonds. The van der Waals surface area contributed by atoms with Crippen molar-refractivity contribution in [2.24, 2.45) is 5.41 Å². The Hall–Kier alpha value is -1.38. The van der Waals surface area contributed by atoms with Crippen molar-refractivity contribution >= 4 is 10.0 Å². The number of hydrogen-bond acceptors (Lipinski definition) is 3. The fourth-order valence-electron chi connectivity index (χ4n) is 2.58. The van der Waals surface area contributed by atoms with E-state index in [2.05, 4.69) is 13.8 Å². The first-order valence-corrected chi connectivity index (χ1v) is 8.40. The van der Waals surface area contributed by atoms with E-state index in [1.54, 1.807) is 28.6 Å². The molecule has 5 heteroatoms. The Morgan fingerprint density at radius 3 is 2.50 bits per heavy atom. The van der Waals surface area contributed by atoms with E-state index in [1.807, 2.05) is 6.07 Å². The van der Waals surface area contributed by atoms with Gasteiger partial charge in [-0.3, -0.25) is 0 Å². The molecule has 0 saturated carbocycles. The molecule has 0 bridgehead atoms. The smallest absolute Gasteiger partial charge is 0.212 e. The number of piperidine rings is 1. The minimum Gasteiger partial charge on any atom is -0.212 e. The van der Waals surface area contributed by atoms with Crippen molar-refractivity contribution in [3.63, 3.8) is 0 Å². The van der Waals surface area contributed by atoms with Crippen LogP contribution >= 0.6 is 0 Å². The van der Waals surface area contributed by atoms with Crippen LogP contribution in [0.15, 0.2) is 24.3 Å². The molecule has 1 fully saturated rings. The number of rotatable bonds is 3. The Bertz CT molecular complexity index is 612. The standard InChI is InChI=1S/C15H20N2O2S/c1-15(2)8-3-9-17(12-15)20(18,19)11-14-6-4-13(10-16)5-7-14/h4-7H,3,8-9,11-12H2,1-2H3.